The van der Waals surface area contributed by atoms with Gasteiger partial charge in [0.15, 0.2) is 0 Å². The molecule has 0 aliphatic carbocycles. The molecule has 1 aliphatic heterocycles. The number of amides is 1. The van der Waals surface area contributed by atoms with Crippen LogP contribution in [0.4, 0.5) is 0 Å². The van der Waals surface area contributed by atoms with Gasteiger partial charge in [-0.3, -0.25) is 4.79 Å². The second-order valence-electron chi connectivity index (χ2n) is 6.75. The first-order valence-corrected chi connectivity index (χ1v) is 7.44. The van der Waals surface area contributed by atoms with Gasteiger partial charge in [-0.2, -0.15) is 0 Å². The number of ether oxygens (including phenoxy) is 1. The van der Waals surface area contributed by atoms with Gasteiger partial charge in [-0.1, -0.05) is 0 Å². The summed E-state index contributed by atoms with van der Waals surface area (Å²) in [4.78, 5) is 14.2. The molecule has 1 heterocycles. The van der Waals surface area contributed by atoms with E-state index in [1.807, 2.05) is 25.7 Å². The van der Waals surface area contributed by atoms with Gasteiger partial charge in [0.2, 0.25) is 5.91 Å². The van der Waals surface area contributed by atoms with E-state index in [-0.39, 0.29) is 24.2 Å². The molecule has 0 aromatic heterocycles. The normalized spacial score (nSPS) is 20.6. The van der Waals surface area contributed by atoms with Gasteiger partial charge in [-0.25, -0.2) is 0 Å². The summed E-state index contributed by atoms with van der Waals surface area (Å²) >= 11 is 0. The molecule has 0 aromatic rings. The molecule has 4 heteroatoms. The monoisotopic (exact) mass is 270 g/mol. The number of nitrogens with one attached hydrogen (secondary N) is 1. The summed E-state index contributed by atoms with van der Waals surface area (Å²) in [6.45, 7) is 13.2. The Morgan fingerprint density at radius 2 is 2.11 bits per heavy atom. The molecule has 1 amide bonds. The molecular weight excluding hydrogens is 240 g/mol. The van der Waals surface area contributed by atoms with E-state index in [0.29, 0.717) is 5.92 Å². The highest BCUT2D eigenvalue weighted by Gasteiger charge is 2.24. The number of carbonyl (C=O) groups excluding carboxylic acids is 1. The zero-order valence-corrected chi connectivity index (χ0v) is 13.2. The van der Waals surface area contributed by atoms with Crippen molar-refractivity contribution in [3.05, 3.63) is 0 Å². The molecule has 1 atom stereocenters. The van der Waals surface area contributed by atoms with Gasteiger partial charge in [0, 0.05) is 12.6 Å². The van der Waals surface area contributed by atoms with Crippen molar-refractivity contribution in [2.24, 2.45) is 5.92 Å². The smallest absolute Gasteiger partial charge is 0.248 e. The Labute approximate surface area is 117 Å². The summed E-state index contributed by atoms with van der Waals surface area (Å²) in [6.07, 6.45) is 2.42. The molecule has 4 nitrogen and oxygen atoms in total. The maximum absolute atomic E-state index is 12.3. The number of hydrogen-bond acceptors (Lipinski definition) is 3. The van der Waals surface area contributed by atoms with Crippen LogP contribution in [-0.2, 0) is 9.53 Å². The minimum Gasteiger partial charge on any atom is -0.366 e. The number of hydrogen-bond donors (Lipinski definition) is 1. The van der Waals surface area contributed by atoms with Crippen molar-refractivity contribution >= 4 is 5.91 Å². The summed E-state index contributed by atoms with van der Waals surface area (Å²) in [5.74, 6) is 0.685. The van der Waals surface area contributed by atoms with Gasteiger partial charge in [-0.15, -0.1) is 0 Å². The van der Waals surface area contributed by atoms with Crippen LogP contribution in [0.25, 0.3) is 0 Å². The SMILES string of the molecule is CC(C)N(CC1CCCNC1)C(=O)COC(C)(C)C. The van der Waals surface area contributed by atoms with Crippen molar-refractivity contribution in [2.45, 2.75) is 59.1 Å². The van der Waals surface area contributed by atoms with Crippen LogP contribution < -0.4 is 5.32 Å². The zero-order chi connectivity index (χ0) is 14.5. The molecule has 1 rings (SSSR count). The molecule has 1 saturated heterocycles. The molecule has 0 bridgehead atoms. The maximum atomic E-state index is 12.3. The third-order valence-electron chi connectivity index (χ3n) is 3.43. The highest BCUT2D eigenvalue weighted by atomic mass is 16.5. The van der Waals surface area contributed by atoms with Crippen LogP contribution in [0.2, 0.25) is 0 Å². The molecule has 112 valence electrons. The fraction of sp³-hybridized carbons (Fsp3) is 0.933. The molecular formula is C15H30N2O2. The maximum Gasteiger partial charge on any atom is 0.248 e. The number of carbonyl (C=O) groups is 1. The quantitative estimate of drug-likeness (QED) is 0.831. The molecule has 19 heavy (non-hydrogen) atoms. The average Bonchev–Trinajstić information content (AvgIpc) is 2.33. The Kier molecular flexibility index (Phi) is 6.27. The van der Waals surface area contributed by atoms with Crippen molar-refractivity contribution in [1.82, 2.24) is 10.2 Å². The van der Waals surface area contributed by atoms with Crippen molar-refractivity contribution in [3.63, 3.8) is 0 Å². The zero-order valence-electron chi connectivity index (χ0n) is 13.2. The van der Waals surface area contributed by atoms with Crippen LogP contribution in [0.15, 0.2) is 0 Å². The lowest BCUT2D eigenvalue weighted by molar-refractivity contribution is -0.143. The van der Waals surface area contributed by atoms with Crippen molar-refractivity contribution in [2.75, 3.05) is 26.2 Å². The van der Waals surface area contributed by atoms with E-state index in [4.69, 9.17) is 4.74 Å². The van der Waals surface area contributed by atoms with Gasteiger partial charge in [0.1, 0.15) is 6.61 Å². The largest absolute Gasteiger partial charge is 0.366 e. The molecule has 0 spiro atoms. The topological polar surface area (TPSA) is 41.6 Å². The van der Waals surface area contributed by atoms with E-state index in [1.54, 1.807) is 0 Å². The van der Waals surface area contributed by atoms with Crippen LogP contribution >= 0.6 is 0 Å². The highest BCUT2D eigenvalue weighted by Crippen LogP contribution is 2.15. The van der Waals surface area contributed by atoms with Crippen LogP contribution in [0.5, 0.6) is 0 Å². The molecule has 1 N–H and O–H groups in total. The summed E-state index contributed by atoms with van der Waals surface area (Å²) in [7, 11) is 0. The van der Waals surface area contributed by atoms with Gasteiger partial charge in [0.25, 0.3) is 0 Å². The number of rotatable bonds is 5. The van der Waals surface area contributed by atoms with E-state index in [9.17, 15) is 4.79 Å². The molecule has 0 saturated carbocycles. The van der Waals surface area contributed by atoms with Gasteiger partial charge >= 0.3 is 0 Å². The lowest BCUT2D eigenvalue weighted by atomic mass is 9.98. The number of nitrogens with zero attached hydrogens (tertiary/aromatic N) is 1. The minimum absolute atomic E-state index is 0.107. The fourth-order valence-corrected chi connectivity index (χ4v) is 2.32. The fourth-order valence-electron chi connectivity index (χ4n) is 2.32. The summed E-state index contributed by atoms with van der Waals surface area (Å²) in [5.41, 5.74) is -0.259. The Bertz CT molecular complexity index is 278. The molecule has 1 aliphatic rings. The van der Waals surface area contributed by atoms with Crippen LogP contribution in [0.3, 0.4) is 0 Å². The van der Waals surface area contributed by atoms with Crippen molar-refractivity contribution < 1.29 is 9.53 Å². The summed E-state index contributed by atoms with van der Waals surface area (Å²) < 4.78 is 5.60. The first-order valence-electron chi connectivity index (χ1n) is 7.44. The Hall–Kier alpha value is -0.610. The Morgan fingerprint density at radius 3 is 2.58 bits per heavy atom. The summed E-state index contributed by atoms with van der Waals surface area (Å²) in [5, 5.41) is 3.41. The molecule has 0 radical (unpaired) electrons. The van der Waals surface area contributed by atoms with Gasteiger partial charge in [-0.05, 0) is 66.5 Å². The molecule has 1 unspecified atom stereocenters. The Balaban J connectivity index is 2.48. The van der Waals surface area contributed by atoms with Gasteiger partial charge in [0.05, 0.1) is 5.60 Å². The second-order valence-corrected chi connectivity index (χ2v) is 6.75. The predicted molar refractivity (Wildman–Crippen MR) is 78.1 cm³/mol. The van der Waals surface area contributed by atoms with E-state index in [2.05, 4.69) is 19.2 Å². The highest BCUT2D eigenvalue weighted by molar-refractivity contribution is 5.77. The lowest BCUT2D eigenvalue weighted by Gasteiger charge is -2.33. The minimum atomic E-state index is -0.259. The standard InChI is InChI=1S/C15H30N2O2/c1-12(2)17(10-13-7-6-8-16-9-13)14(18)11-19-15(3,4)5/h12-13,16H,6-11H2,1-5H3. The lowest BCUT2D eigenvalue weighted by Crippen LogP contribution is -2.46. The number of piperidine rings is 1. The molecule has 0 aromatic carbocycles. The summed E-state index contributed by atoms with van der Waals surface area (Å²) in [6, 6.07) is 0.234. The first-order chi connectivity index (χ1) is 8.79. The van der Waals surface area contributed by atoms with E-state index >= 15 is 0 Å². The van der Waals surface area contributed by atoms with Crippen LogP contribution in [0, 0.1) is 5.92 Å². The van der Waals surface area contributed by atoms with Crippen LogP contribution in [-0.4, -0.2) is 48.7 Å². The van der Waals surface area contributed by atoms with Crippen LogP contribution in [0.1, 0.15) is 47.5 Å². The average molecular weight is 270 g/mol. The van der Waals surface area contributed by atoms with E-state index in [0.717, 1.165) is 19.6 Å². The first kappa shape index (κ1) is 16.4. The second kappa shape index (κ2) is 7.25. The van der Waals surface area contributed by atoms with Crippen molar-refractivity contribution in [1.29, 1.82) is 0 Å². The van der Waals surface area contributed by atoms with E-state index < -0.39 is 0 Å². The van der Waals surface area contributed by atoms with Crippen molar-refractivity contribution in [3.8, 4) is 0 Å². The Morgan fingerprint density at radius 1 is 1.42 bits per heavy atom. The molecule has 1 fully saturated rings. The van der Waals surface area contributed by atoms with E-state index in [1.165, 1.54) is 12.8 Å². The van der Waals surface area contributed by atoms with Gasteiger partial charge < -0.3 is 15.0 Å². The third-order valence-corrected chi connectivity index (χ3v) is 3.43. The predicted octanol–water partition coefficient (Wildman–Crippen LogP) is 2.04. The third kappa shape index (κ3) is 6.39.